The molecule has 0 aromatic carbocycles. The first-order chi connectivity index (χ1) is 17.4. The summed E-state index contributed by atoms with van der Waals surface area (Å²) in [5.74, 6) is 0.733. The summed E-state index contributed by atoms with van der Waals surface area (Å²) in [6, 6.07) is 9.77. The smallest absolute Gasteiger partial charge is 0.254 e. The van der Waals surface area contributed by atoms with Gasteiger partial charge in [0.25, 0.3) is 5.91 Å². The van der Waals surface area contributed by atoms with E-state index in [4.69, 9.17) is 4.98 Å². The van der Waals surface area contributed by atoms with E-state index in [1.807, 2.05) is 61.0 Å². The molecule has 2 aliphatic heterocycles. The lowest BCUT2D eigenvalue weighted by molar-refractivity contribution is 0.0110. The van der Waals surface area contributed by atoms with E-state index in [0.29, 0.717) is 23.6 Å². The molecule has 0 radical (unpaired) electrons. The third-order valence-corrected chi connectivity index (χ3v) is 7.29. The Morgan fingerprint density at radius 3 is 2.81 bits per heavy atom. The molecular weight excluding hydrogens is 454 g/mol. The molecule has 3 N–H and O–H groups in total. The lowest BCUT2D eigenvalue weighted by atomic mass is 9.84. The molecule has 36 heavy (non-hydrogen) atoms. The van der Waals surface area contributed by atoms with Crippen molar-refractivity contribution in [2.24, 2.45) is 5.92 Å². The largest absolute Gasteiger partial charge is 0.390 e. The van der Waals surface area contributed by atoms with Crippen molar-refractivity contribution in [2.45, 2.75) is 38.8 Å². The fourth-order valence-corrected chi connectivity index (χ4v) is 5.24. The highest BCUT2D eigenvalue weighted by molar-refractivity contribution is 6.05. The van der Waals surface area contributed by atoms with Gasteiger partial charge in [-0.1, -0.05) is 6.07 Å². The Labute approximate surface area is 209 Å². The van der Waals surface area contributed by atoms with E-state index in [1.165, 1.54) is 0 Å². The van der Waals surface area contributed by atoms with Gasteiger partial charge in [-0.3, -0.25) is 14.2 Å². The van der Waals surface area contributed by atoms with Gasteiger partial charge in [0.1, 0.15) is 11.5 Å². The maximum atomic E-state index is 12.8. The number of carbonyl (C=O) groups excluding carboxylic acids is 1. The summed E-state index contributed by atoms with van der Waals surface area (Å²) in [7, 11) is 0. The average Bonchev–Trinajstić information content (AvgIpc) is 3.49. The molecule has 4 aromatic rings. The molecule has 0 bridgehead atoms. The van der Waals surface area contributed by atoms with Crippen LogP contribution in [0.5, 0.6) is 0 Å². The number of anilines is 3. The summed E-state index contributed by atoms with van der Waals surface area (Å²) in [5.41, 5.74) is 4.79. The second-order valence-corrected chi connectivity index (χ2v) is 10.1. The van der Waals surface area contributed by atoms with Crippen molar-refractivity contribution in [2.75, 3.05) is 23.3 Å². The number of piperidine rings is 1. The standard InChI is InChI=1S/C27H29N7O2/c1-27(2,36)17-6-5-10-33(16-17)18-8-9-22(28-12-18)32-20-14-30-25(19-13-31-26(35)24(19)20)21-15-29-23-7-3-4-11-34(21)23/h3-4,7-9,11-12,14-15,17,36H,5-6,10,13,16H2,1-2H3,(H,28,32)(H,31,35)/t17-/m0/s1. The zero-order chi connectivity index (χ0) is 24.9. The molecule has 4 aromatic heterocycles. The van der Waals surface area contributed by atoms with Gasteiger partial charge >= 0.3 is 0 Å². The zero-order valence-electron chi connectivity index (χ0n) is 20.4. The minimum atomic E-state index is -0.697. The molecule has 0 spiro atoms. The van der Waals surface area contributed by atoms with Gasteiger partial charge in [0.15, 0.2) is 0 Å². The molecule has 9 nitrogen and oxygen atoms in total. The van der Waals surface area contributed by atoms with Crippen molar-refractivity contribution in [3.8, 4) is 11.4 Å². The maximum Gasteiger partial charge on any atom is 0.254 e. The van der Waals surface area contributed by atoms with Gasteiger partial charge in [-0.05, 0) is 51.0 Å². The molecule has 184 valence electrons. The van der Waals surface area contributed by atoms with E-state index in [9.17, 15) is 9.90 Å². The van der Waals surface area contributed by atoms with Crippen LogP contribution in [0.25, 0.3) is 17.0 Å². The predicted octanol–water partition coefficient (Wildman–Crippen LogP) is 3.77. The highest BCUT2D eigenvalue weighted by Crippen LogP contribution is 2.34. The minimum absolute atomic E-state index is 0.132. The quantitative estimate of drug-likeness (QED) is 0.397. The molecule has 6 rings (SSSR count). The Kier molecular flexibility index (Phi) is 5.37. The van der Waals surface area contributed by atoms with Crippen LogP contribution in [0, 0.1) is 5.92 Å². The molecule has 0 saturated carbocycles. The number of amides is 1. The topological polar surface area (TPSA) is 108 Å². The lowest BCUT2D eigenvalue weighted by Crippen LogP contribution is -2.44. The van der Waals surface area contributed by atoms with Gasteiger partial charge in [0, 0.05) is 37.3 Å². The average molecular weight is 484 g/mol. The first kappa shape index (κ1) is 22.5. The first-order valence-corrected chi connectivity index (χ1v) is 12.3. The molecule has 1 amide bonds. The van der Waals surface area contributed by atoms with E-state index in [-0.39, 0.29) is 11.8 Å². The van der Waals surface area contributed by atoms with Crippen LogP contribution >= 0.6 is 0 Å². The number of hydrogen-bond acceptors (Lipinski definition) is 7. The summed E-state index contributed by atoms with van der Waals surface area (Å²) in [5, 5.41) is 16.7. The molecular formula is C27H29N7O2. The Morgan fingerprint density at radius 1 is 1.11 bits per heavy atom. The van der Waals surface area contributed by atoms with Crippen molar-refractivity contribution in [1.82, 2.24) is 24.7 Å². The fraction of sp³-hybridized carbons (Fsp3) is 0.333. The molecule has 1 fully saturated rings. The van der Waals surface area contributed by atoms with Crippen LogP contribution in [-0.4, -0.2) is 49.1 Å². The number of aliphatic hydroxyl groups is 1. The van der Waals surface area contributed by atoms with Crippen LogP contribution in [0.15, 0.2) is 55.1 Å². The number of nitrogens with zero attached hydrogens (tertiary/aromatic N) is 5. The van der Waals surface area contributed by atoms with Crippen LogP contribution < -0.4 is 15.5 Å². The molecule has 0 aliphatic carbocycles. The van der Waals surface area contributed by atoms with Crippen LogP contribution in [-0.2, 0) is 6.54 Å². The number of pyridine rings is 3. The fourth-order valence-electron chi connectivity index (χ4n) is 5.24. The number of fused-ring (bicyclic) bond motifs is 2. The summed E-state index contributed by atoms with van der Waals surface area (Å²) in [6.07, 6.45) is 9.33. The minimum Gasteiger partial charge on any atom is -0.390 e. The van der Waals surface area contributed by atoms with Crippen molar-refractivity contribution in [1.29, 1.82) is 0 Å². The van der Waals surface area contributed by atoms with E-state index >= 15 is 0 Å². The maximum absolute atomic E-state index is 12.8. The normalized spacial score (nSPS) is 17.8. The summed E-state index contributed by atoms with van der Waals surface area (Å²) >= 11 is 0. The first-order valence-electron chi connectivity index (χ1n) is 12.3. The molecule has 1 saturated heterocycles. The van der Waals surface area contributed by atoms with Crippen molar-refractivity contribution in [3.05, 3.63) is 66.2 Å². The highest BCUT2D eigenvalue weighted by atomic mass is 16.3. The molecule has 1 atom stereocenters. The van der Waals surface area contributed by atoms with Crippen LogP contribution in [0.2, 0.25) is 0 Å². The Morgan fingerprint density at radius 2 is 2.00 bits per heavy atom. The molecule has 0 unspecified atom stereocenters. The van der Waals surface area contributed by atoms with Gasteiger partial charge in [-0.25, -0.2) is 9.97 Å². The predicted molar refractivity (Wildman–Crippen MR) is 138 cm³/mol. The number of carbonyl (C=O) groups is 1. The van der Waals surface area contributed by atoms with Crippen LogP contribution in [0.3, 0.4) is 0 Å². The SMILES string of the molecule is CC(C)(O)[C@H]1CCCN(c2ccc(Nc3cnc(-c4cnc5ccccn45)c4c3C(=O)NC4)nc2)C1. The number of rotatable bonds is 5. The molecule has 2 aliphatic rings. The number of aromatic nitrogens is 4. The number of hydrogen-bond donors (Lipinski definition) is 3. The third-order valence-electron chi connectivity index (χ3n) is 7.29. The zero-order valence-corrected chi connectivity index (χ0v) is 20.4. The Hall–Kier alpha value is -3.98. The van der Waals surface area contributed by atoms with Crippen molar-refractivity contribution in [3.63, 3.8) is 0 Å². The number of nitrogens with one attached hydrogen (secondary N) is 2. The second kappa shape index (κ2) is 8.60. The van der Waals surface area contributed by atoms with E-state index in [2.05, 4.69) is 25.5 Å². The van der Waals surface area contributed by atoms with E-state index in [0.717, 1.165) is 54.2 Å². The molecule has 6 heterocycles. The van der Waals surface area contributed by atoms with Gasteiger partial charge in [0.2, 0.25) is 0 Å². The highest BCUT2D eigenvalue weighted by Gasteiger charge is 2.32. The second-order valence-electron chi connectivity index (χ2n) is 10.1. The monoisotopic (exact) mass is 483 g/mol. The molecule has 9 heteroatoms. The van der Waals surface area contributed by atoms with E-state index in [1.54, 1.807) is 12.4 Å². The summed E-state index contributed by atoms with van der Waals surface area (Å²) in [6.45, 7) is 5.94. The van der Waals surface area contributed by atoms with Crippen molar-refractivity contribution < 1.29 is 9.90 Å². The van der Waals surface area contributed by atoms with Gasteiger partial charge in [-0.2, -0.15) is 0 Å². The lowest BCUT2D eigenvalue weighted by Gasteiger charge is -2.39. The van der Waals surface area contributed by atoms with E-state index < -0.39 is 5.60 Å². The third kappa shape index (κ3) is 3.95. The van der Waals surface area contributed by atoms with Gasteiger partial charge in [0.05, 0.1) is 52.5 Å². The van der Waals surface area contributed by atoms with Crippen LogP contribution in [0.1, 0.15) is 42.6 Å². The van der Waals surface area contributed by atoms with Gasteiger partial charge in [-0.15, -0.1) is 0 Å². The van der Waals surface area contributed by atoms with Crippen LogP contribution in [0.4, 0.5) is 17.2 Å². The van der Waals surface area contributed by atoms with Crippen molar-refractivity contribution >= 4 is 28.7 Å². The summed E-state index contributed by atoms with van der Waals surface area (Å²) < 4.78 is 1.97. The van der Waals surface area contributed by atoms with Gasteiger partial charge < -0.3 is 20.6 Å². The summed E-state index contributed by atoms with van der Waals surface area (Å²) in [4.78, 5) is 28.9. The Balaban J connectivity index is 1.27. The Bertz CT molecular complexity index is 1440. The number of imidazole rings is 1.